The average Bonchev–Trinajstić information content (AvgIpc) is 2.00. The van der Waals surface area contributed by atoms with E-state index in [0.717, 1.165) is 6.54 Å². The fraction of sp³-hybridized carbons (Fsp3) is 0.889. The fourth-order valence-electron chi connectivity index (χ4n) is 1.08. The quantitative estimate of drug-likeness (QED) is 0.597. The molecule has 3 heteroatoms. The third kappa shape index (κ3) is 3.72. The molecule has 0 aliphatic carbocycles. The molecule has 1 unspecified atom stereocenters. The van der Waals surface area contributed by atoms with E-state index in [0.29, 0.717) is 5.92 Å². The maximum Gasteiger partial charge on any atom is 0.322 e. The Morgan fingerprint density at radius 2 is 1.92 bits per heavy atom. The zero-order valence-corrected chi connectivity index (χ0v) is 8.63. The topological polar surface area (TPSA) is 29.5 Å². The summed E-state index contributed by atoms with van der Waals surface area (Å²) in [6, 6.07) is -0.141. The molecule has 0 N–H and O–H groups in total. The van der Waals surface area contributed by atoms with Gasteiger partial charge in [0.2, 0.25) is 0 Å². The average molecular weight is 173 g/mol. The summed E-state index contributed by atoms with van der Waals surface area (Å²) in [6.45, 7) is 7.02. The smallest absolute Gasteiger partial charge is 0.322 e. The van der Waals surface area contributed by atoms with Gasteiger partial charge in [0, 0.05) is 6.54 Å². The summed E-state index contributed by atoms with van der Waals surface area (Å²) in [4.78, 5) is 13.1. The van der Waals surface area contributed by atoms with E-state index in [1.807, 2.05) is 18.9 Å². The van der Waals surface area contributed by atoms with Gasteiger partial charge in [-0.25, -0.2) is 0 Å². The Morgan fingerprint density at radius 1 is 1.42 bits per heavy atom. The molecule has 12 heavy (non-hydrogen) atoms. The van der Waals surface area contributed by atoms with Gasteiger partial charge in [-0.05, 0) is 19.9 Å². The van der Waals surface area contributed by atoms with Crippen molar-refractivity contribution in [1.82, 2.24) is 4.90 Å². The Kier molecular flexibility index (Phi) is 4.90. The first kappa shape index (κ1) is 11.4. The fourth-order valence-corrected chi connectivity index (χ4v) is 1.08. The molecule has 0 amide bonds. The van der Waals surface area contributed by atoms with E-state index in [1.165, 1.54) is 7.11 Å². The third-order valence-corrected chi connectivity index (χ3v) is 1.86. The molecule has 0 heterocycles. The van der Waals surface area contributed by atoms with Crippen LogP contribution in [0.3, 0.4) is 0 Å². The summed E-state index contributed by atoms with van der Waals surface area (Å²) >= 11 is 0. The molecule has 1 atom stereocenters. The molecule has 0 radical (unpaired) electrons. The van der Waals surface area contributed by atoms with Crippen LogP contribution in [0.5, 0.6) is 0 Å². The van der Waals surface area contributed by atoms with Crippen LogP contribution < -0.4 is 0 Å². The first-order chi connectivity index (χ1) is 5.49. The number of rotatable bonds is 4. The first-order valence-corrected chi connectivity index (χ1v) is 4.27. The number of methoxy groups -OCH3 is 1. The van der Waals surface area contributed by atoms with E-state index in [-0.39, 0.29) is 12.0 Å². The maximum atomic E-state index is 11.1. The molecule has 0 rings (SSSR count). The molecule has 0 aromatic rings. The second kappa shape index (κ2) is 5.14. The number of ether oxygens (including phenoxy) is 1. The largest absolute Gasteiger partial charge is 0.468 e. The normalized spacial score (nSPS) is 13.6. The number of carbonyl (C=O) groups is 1. The Bertz CT molecular complexity index is 145. The molecule has 72 valence electrons. The van der Waals surface area contributed by atoms with E-state index < -0.39 is 0 Å². The summed E-state index contributed by atoms with van der Waals surface area (Å²) in [5.74, 6) is 0.403. The molecular formula is C9H19NO2. The van der Waals surface area contributed by atoms with E-state index in [4.69, 9.17) is 0 Å². The first-order valence-electron chi connectivity index (χ1n) is 4.27. The lowest BCUT2D eigenvalue weighted by atomic mass is 10.2. The number of hydrogen-bond acceptors (Lipinski definition) is 3. The van der Waals surface area contributed by atoms with Gasteiger partial charge >= 0.3 is 5.97 Å². The maximum absolute atomic E-state index is 11.1. The minimum absolute atomic E-state index is 0.141. The van der Waals surface area contributed by atoms with E-state index in [9.17, 15) is 4.79 Å². The van der Waals surface area contributed by atoms with Crippen molar-refractivity contribution in [2.24, 2.45) is 5.92 Å². The second-order valence-corrected chi connectivity index (χ2v) is 3.53. The molecule has 0 aromatic heterocycles. The summed E-state index contributed by atoms with van der Waals surface area (Å²) in [6.07, 6.45) is 0. The van der Waals surface area contributed by atoms with Crippen LogP contribution >= 0.6 is 0 Å². The SMILES string of the molecule is COC(=O)C(C)N(C)CC(C)C. The highest BCUT2D eigenvalue weighted by molar-refractivity contribution is 5.75. The van der Waals surface area contributed by atoms with Crippen LogP contribution in [-0.4, -0.2) is 37.6 Å². The monoisotopic (exact) mass is 173 g/mol. The molecule has 0 aliphatic rings. The van der Waals surface area contributed by atoms with Gasteiger partial charge in [0.25, 0.3) is 0 Å². The molecular weight excluding hydrogens is 154 g/mol. The van der Waals surface area contributed by atoms with Crippen molar-refractivity contribution < 1.29 is 9.53 Å². The van der Waals surface area contributed by atoms with Gasteiger partial charge in [0.05, 0.1) is 7.11 Å². The summed E-state index contributed by atoms with van der Waals surface area (Å²) in [7, 11) is 3.35. The van der Waals surface area contributed by atoms with Crippen LogP contribution in [0.1, 0.15) is 20.8 Å². The van der Waals surface area contributed by atoms with Gasteiger partial charge in [-0.2, -0.15) is 0 Å². The molecule has 0 saturated heterocycles. The molecule has 0 aliphatic heterocycles. The molecule has 0 fully saturated rings. The van der Waals surface area contributed by atoms with Gasteiger partial charge in [-0.15, -0.1) is 0 Å². The van der Waals surface area contributed by atoms with Crippen LogP contribution in [0.4, 0.5) is 0 Å². The summed E-state index contributed by atoms with van der Waals surface area (Å²) < 4.78 is 4.63. The number of likely N-dealkylation sites (N-methyl/N-ethyl adjacent to an activating group) is 1. The van der Waals surface area contributed by atoms with Crippen molar-refractivity contribution in [2.75, 3.05) is 20.7 Å². The third-order valence-electron chi connectivity index (χ3n) is 1.86. The van der Waals surface area contributed by atoms with Crippen LogP contribution in [0.25, 0.3) is 0 Å². The van der Waals surface area contributed by atoms with E-state index in [2.05, 4.69) is 18.6 Å². The molecule has 0 saturated carbocycles. The molecule has 0 bridgehead atoms. The van der Waals surface area contributed by atoms with Gasteiger partial charge in [-0.3, -0.25) is 9.69 Å². The Balaban J connectivity index is 3.91. The lowest BCUT2D eigenvalue weighted by Crippen LogP contribution is -2.38. The number of hydrogen-bond donors (Lipinski definition) is 0. The van der Waals surface area contributed by atoms with Gasteiger partial charge in [-0.1, -0.05) is 13.8 Å². The van der Waals surface area contributed by atoms with E-state index >= 15 is 0 Å². The number of esters is 1. The summed E-state index contributed by atoms with van der Waals surface area (Å²) in [5, 5.41) is 0. The van der Waals surface area contributed by atoms with Crippen LogP contribution in [0, 0.1) is 5.92 Å². The van der Waals surface area contributed by atoms with Crippen molar-refractivity contribution in [1.29, 1.82) is 0 Å². The molecule has 0 aromatic carbocycles. The number of nitrogens with zero attached hydrogens (tertiary/aromatic N) is 1. The van der Waals surface area contributed by atoms with Crippen molar-refractivity contribution in [3.8, 4) is 0 Å². The predicted molar refractivity (Wildman–Crippen MR) is 48.9 cm³/mol. The highest BCUT2D eigenvalue weighted by atomic mass is 16.5. The van der Waals surface area contributed by atoms with Crippen molar-refractivity contribution in [3.63, 3.8) is 0 Å². The Labute approximate surface area is 74.7 Å². The Morgan fingerprint density at radius 3 is 2.25 bits per heavy atom. The zero-order valence-electron chi connectivity index (χ0n) is 8.63. The minimum Gasteiger partial charge on any atom is -0.468 e. The van der Waals surface area contributed by atoms with Crippen molar-refractivity contribution in [2.45, 2.75) is 26.8 Å². The molecule has 3 nitrogen and oxygen atoms in total. The lowest BCUT2D eigenvalue weighted by Gasteiger charge is -2.23. The van der Waals surface area contributed by atoms with Crippen molar-refractivity contribution >= 4 is 5.97 Å². The lowest BCUT2D eigenvalue weighted by molar-refractivity contribution is -0.145. The highest BCUT2D eigenvalue weighted by Gasteiger charge is 2.18. The predicted octanol–water partition coefficient (Wildman–Crippen LogP) is 1.14. The summed E-state index contributed by atoms with van der Waals surface area (Å²) in [5.41, 5.74) is 0. The van der Waals surface area contributed by atoms with Crippen LogP contribution in [0.15, 0.2) is 0 Å². The zero-order chi connectivity index (χ0) is 9.72. The molecule has 0 spiro atoms. The van der Waals surface area contributed by atoms with Crippen molar-refractivity contribution in [3.05, 3.63) is 0 Å². The van der Waals surface area contributed by atoms with E-state index in [1.54, 1.807) is 0 Å². The van der Waals surface area contributed by atoms with Gasteiger partial charge < -0.3 is 4.74 Å². The standard InChI is InChI=1S/C9H19NO2/c1-7(2)6-10(4)8(3)9(11)12-5/h7-8H,6H2,1-5H3. The van der Waals surface area contributed by atoms with Gasteiger partial charge in [0.1, 0.15) is 6.04 Å². The van der Waals surface area contributed by atoms with Gasteiger partial charge in [0.15, 0.2) is 0 Å². The second-order valence-electron chi connectivity index (χ2n) is 3.53. The highest BCUT2D eigenvalue weighted by Crippen LogP contribution is 2.02. The van der Waals surface area contributed by atoms with Crippen LogP contribution in [0.2, 0.25) is 0 Å². The minimum atomic E-state index is -0.168. The number of carbonyl (C=O) groups excluding carboxylic acids is 1. The van der Waals surface area contributed by atoms with Crippen LogP contribution in [-0.2, 0) is 9.53 Å². The Hall–Kier alpha value is -0.570.